The fourth-order valence-corrected chi connectivity index (χ4v) is 2.76. The first-order valence-corrected chi connectivity index (χ1v) is 6.91. The molecule has 1 aromatic heterocycles. The van der Waals surface area contributed by atoms with Crippen molar-refractivity contribution in [2.24, 2.45) is 0 Å². The van der Waals surface area contributed by atoms with E-state index < -0.39 is 0 Å². The average molecular weight is 272 g/mol. The second-order valence-corrected chi connectivity index (χ2v) is 5.05. The molecule has 2 aliphatic heterocycles. The largest absolute Gasteiger partial charge is 0.384 e. The molecule has 2 aromatic rings. The summed E-state index contributed by atoms with van der Waals surface area (Å²) in [5, 5.41) is 7.49. The summed E-state index contributed by atoms with van der Waals surface area (Å²) in [5.41, 5.74) is 2.38. The van der Waals surface area contributed by atoms with Crippen LogP contribution in [0.25, 0.3) is 0 Å². The summed E-state index contributed by atoms with van der Waals surface area (Å²) < 4.78 is 10.8. The lowest BCUT2D eigenvalue weighted by Crippen LogP contribution is -2.36. The SMILES string of the molecule is c1ccc2c(c1)NCC2c1nc(N2CCOCC2)no1. The average Bonchev–Trinajstić information content (AvgIpc) is 3.14. The third-order valence-corrected chi connectivity index (χ3v) is 3.86. The maximum atomic E-state index is 5.48. The molecule has 1 unspecified atom stereocenters. The third kappa shape index (κ3) is 1.92. The predicted octanol–water partition coefficient (Wildman–Crippen LogP) is 1.46. The quantitative estimate of drug-likeness (QED) is 0.893. The maximum absolute atomic E-state index is 5.48. The van der Waals surface area contributed by atoms with Gasteiger partial charge in [-0.25, -0.2) is 0 Å². The summed E-state index contributed by atoms with van der Waals surface area (Å²) >= 11 is 0. The smallest absolute Gasteiger partial charge is 0.266 e. The number of nitrogens with zero attached hydrogens (tertiary/aromatic N) is 3. The van der Waals surface area contributed by atoms with Crippen molar-refractivity contribution in [2.75, 3.05) is 43.1 Å². The Bertz CT molecular complexity index is 607. The Labute approximate surface area is 116 Å². The van der Waals surface area contributed by atoms with Crippen LogP contribution in [-0.2, 0) is 4.74 Å². The van der Waals surface area contributed by atoms with Crippen molar-refractivity contribution in [1.29, 1.82) is 0 Å². The summed E-state index contributed by atoms with van der Waals surface area (Å²) in [6.45, 7) is 3.89. The van der Waals surface area contributed by atoms with Crippen LogP contribution in [0.3, 0.4) is 0 Å². The zero-order valence-electron chi connectivity index (χ0n) is 11.1. The second kappa shape index (κ2) is 4.79. The van der Waals surface area contributed by atoms with Crippen LogP contribution in [0.15, 0.2) is 28.8 Å². The minimum Gasteiger partial charge on any atom is -0.384 e. The molecule has 0 radical (unpaired) electrons. The summed E-state index contributed by atoms with van der Waals surface area (Å²) in [4.78, 5) is 6.67. The molecule has 6 heteroatoms. The van der Waals surface area contributed by atoms with Gasteiger partial charge in [-0.1, -0.05) is 18.2 Å². The van der Waals surface area contributed by atoms with Crippen molar-refractivity contribution in [2.45, 2.75) is 5.92 Å². The van der Waals surface area contributed by atoms with Gasteiger partial charge in [-0.3, -0.25) is 0 Å². The van der Waals surface area contributed by atoms with Crippen molar-refractivity contribution >= 4 is 11.6 Å². The number of para-hydroxylation sites is 1. The number of hydrogen-bond acceptors (Lipinski definition) is 6. The fraction of sp³-hybridized carbons (Fsp3) is 0.429. The van der Waals surface area contributed by atoms with Crippen LogP contribution < -0.4 is 10.2 Å². The van der Waals surface area contributed by atoms with E-state index in [-0.39, 0.29) is 5.92 Å². The van der Waals surface area contributed by atoms with Gasteiger partial charge in [0.15, 0.2) is 0 Å². The van der Waals surface area contributed by atoms with E-state index in [9.17, 15) is 0 Å². The minimum absolute atomic E-state index is 0.147. The zero-order chi connectivity index (χ0) is 13.4. The number of hydrogen-bond donors (Lipinski definition) is 1. The molecule has 0 bridgehead atoms. The number of benzene rings is 1. The Morgan fingerprint density at radius 3 is 2.95 bits per heavy atom. The first kappa shape index (κ1) is 11.7. The van der Waals surface area contributed by atoms with Crippen LogP contribution >= 0.6 is 0 Å². The Hall–Kier alpha value is -2.08. The first-order valence-electron chi connectivity index (χ1n) is 6.91. The molecular weight excluding hydrogens is 256 g/mol. The van der Waals surface area contributed by atoms with E-state index in [1.165, 1.54) is 5.56 Å². The number of fused-ring (bicyclic) bond motifs is 1. The molecule has 0 aliphatic carbocycles. The van der Waals surface area contributed by atoms with Gasteiger partial charge in [-0.15, -0.1) is 0 Å². The normalized spacial score (nSPS) is 21.6. The van der Waals surface area contributed by atoms with Crippen molar-refractivity contribution in [3.05, 3.63) is 35.7 Å². The Kier molecular flexibility index (Phi) is 2.81. The van der Waals surface area contributed by atoms with E-state index in [4.69, 9.17) is 9.26 Å². The van der Waals surface area contributed by atoms with Crippen molar-refractivity contribution in [1.82, 2.24) is 10.1 Å². The van der Waals surface area contributed by atoms with Crippen molar-refractivity contribution in [3.8, 4) is 0 Å². The second-order valence-electron chi connectivity index (χ2n) is 5.05. The fourth-order valence-electron chi connectivity index (χ4n) is 2.76. The summed E-state index contributed by atoms with van der Waals surface area (Å²) in [5.74, 6) is 1.50. The van der Waals surface area contributed by atoms with E-state index in [0.717, 1.165) is 38.5 Å². The maximum Gasteiger partial charge on any atom is 0.266 e. The number of aromatic nitrogens is 2. The number of morpholine rings is 1. The van der Waals surface area contributed by atoms with Gasteiger partial charge in [0.2, 0.25) is 5.89 Å². The topological polar surface area (TPSA) is 63.4 Å². The molecule has 6 nitrogen and oxygen atoms in total. The number of rotatable bonds is 2. The molecule has 1 aromatic carbocycles. The molecule has 2 aliphatic rings. The van der Waals surface area contributed by atoms with Gasteiger partial charge in [0.25, 0.3) is 5.95 Å². The Morgan fingerprint density at radius 2 is 2.05 bits per heavy atom. The predicted molar refractivity (Wildman–Crippen MR) is 74.1 cm³/mol. The molecule has 0 amide bonds. The molecule has 0 saturated carbocycles. The van der Waals surface area contributed by atoms with Crippen LogP contribution in [0.4, 0.5) is 11.6 Å². The van der Waals surface area contributed by atoms with Crippen LogP contribution in [0.2, 0.25) is 0 Å². The Morgan fingerprint density at radius 1 is 1.20 bits per heavy atom. The van der Waals surface area contributed by atoms with Gasteiger partial charge >= 0.3 is 0 Å². The summed E-state index contributed by atoms with van der Waals surface area (Å²) in [7, 11) is 0. The van der Waals surface area contributed by atoms with Gasteiger partial charge in [-0.2, -0.15) is 4.98 Å². The molecule has 1 fully saturated rings. The van der Waals surface area contributed by atoms with Crippen LogP contribution in [-0.4, -0.2) is 43.0 Å². The van der Waals surface area contributed by atoms with Gasteiger partial charge in [0.1, 0.15) is 0 Å². The zero-order valence-corrected chi connectivity index (χ0v) is 11.1. The van der Waals surface area contributed by atoms with E-state index in [2.05, 4.69) is 32.5 Å². The van der Waals surface area contributed by atoms with Crippen LogP contribution in [0.5, 0.6) is 0 Å². The van der Waals surface area contributed by atoms with Gasteiger partial charge < -0.3 is 19.5 Å². The molecule has 1 N–H and O–H groups in total. The van der Waals surface area contributed by atoms with Gasteiger partial charge in [-0.05, 0) is 16.8 Å². The molecule has 20 heavy (non-hydrogen) atoms. The highest BCUT2D eigenvalue weighted by atomic mass is 16.5. The monoisotopic (exact) mass is 272 g/mol. The summed E-state index contributed by atoms with van der Waals surface area (Å²) in [6.07, 6.45) is 0. The van der Waals surface area contributed by atoms with E-state index >= 15 is 0 Å². The standard InChI is InChI=1S/C14H16N4O2/c1-2-4-12-10(3-1)11(9-15-12)13-16-14(17-20-13)18-5-7-19-8-6-18/h1-4,11,15H,5-9H2. The molecule has 0 spiro atoms. The highest BCUT2D eigenvalue weighted by Crippen LogP contribution is 2.35. The van der Waals surface area contributed by atoms with Gasteiger partial charge in [0, 0.05) is 25.3 Å². The highest BCUT2D eigenvalue weighted by Gasteiger charge is 2.29. The summed E-state index contributed by atoms with van der Waals surface area (Å²) in [6, 6.07) is 8.26. The lowest BCUT2D eigenvalue weighted by atomic mass is 10.0. The lowest BCUT2D eigenvalue weighted by molar-refractivity contribution is 0.121. The van der Waals surface area contributed by atoms with E-state index in [0.29, 0.717) is 11.8 Å². The highest BCUT2D eigenvalue weighted by molar-refractivity contribution is 5.59. The molecule has 104 valence electrons. The first-order chi connectivity index (χ1) is 9.92. The number of ether oxygens (including phenoxy) is 1. The third-order valence-electron chi connectivity index (χ3n) is 3.86. The number of anilines is 2. The van der Waals surface area contributed by atoms with Gasteiger partial charge in [0.05, 0.1) is 19.1 Å². The number of nitrogens with one attached hydrogen (secondary N) is 1. The van der Waals surface area contributed by atoms with Crippen LogP contribution in [0, 0.1) is 0 Å². The van der Waals surface area contributed by atoms with Crippen molar-refractivity contribution in [3.63, 3.8) is 0 Å². The molecular formula is C14H16N4O2. The van der Waals surface area contributed by atoms with E-state index in [1.54, 1.807) is 0 Å². The molecule has 1 atom stereocenters. The molecule has 3 heterocycles. The molecule has 1 saturated heterocycles. The van der Waals surface area contributed by atoms with E-state index in [1.807, 2.05) is 12.1 Å². The Balaban J connectivity index is 1.59. The lowest BCUT2D eigenvalue weighted by Gasteiger charge is -2.24. The molecule has 4 rings (SSSR count). The minimum atomic E-state index is 0.147. The van der Waals surface area contributed by atoms with Crippen molar-refractivity contribution < 1.29 is 9.26 Å². The van der Waals surface area contributed by atoms with Crippen LogP contribution in [0.1, 0.15) is 17.4 Å².